The van der Waals surface area contributed by atoms with E-state index in [0.29, 0.717) is 0 Å². The molecular weight excluding hydrogens is 189 g/mol. The Morgan fingerprint density at radius 2 is 2.40 bits per heavy atom. The van der Waals surface area contributed by atoms with Crippen molar-refractivity contribution < 1.29 is 4.74 Å². The van der Waals surface area contributed by atoms with Gasteiger partial charge in [-0.25, -0.2) is 0 Å². The summed E-state index contributed by atoms with van der Waals surface area (Å²) < 4.78 is 6.41. The fourth-order valence-corrected chi connectivity index (χ4v) is 2.08. The first kappa shape index (κ1) is 7.61. The van der Waals surface area contributed by atoms with Crippen LogP contribution in [-0.4, -0.2) is 27.8 Å². The summed E-state index contributed by atoms with van der Waals surface area (Å²) in [5, 5.41) is 0. The zero-order chi connectivity index (χ0) is 7.40. The Morgan fingerprint density at radius 3 is 2.90 bits per heavy atom. The molecule has 2 nitrogen and oxygen atoms in total. The molecule has 0 aromatic carbocycles. The average molecular weight is 199 g/mol. The summed E-state index contributed by atoms with van der Waals surface area (Å²) in [6.45, 7) is 0. The maximum absolute atomic E-state index is 5.13. The minimum atomic E-state index is -0.0256. The van der Waals surface area contributed by atoms with Gasteiger partial charge in [-0.1, -0.05) is 0 Å². The van der Waals surface area contributed by atoms with E-state index in [1.807, 2.05) is 12.3 Å². The monoisotopic (exact) mass is 199 g/mol. The molecule has 0 amide bonds. The Morgan fingerprint density at radius 1 is 1.60 bits per heavy atom. The molecule has 0 radical (unpaired) electrons. The van der Waals surface area contributed by atoms with Crippen molar-refractivity contribution in [1.29, 1.82) is 0 Å². The zero-order valence-electron chi connectivity index (χ0n) is 6.09. The Kier molecular flexibility index (Phi) is 2.76. The van der Waals surface area contributed by atoms with E-state index in [2.05, 4.69) is 10.7 Å². The van der Waals surface area contributed by atoms with Crippen molar-refractivity contribution in [2.24, 2.45) is 0 Å². The fraction of sp³-hybridized carbons (Fsp3) is 0.286. The summed E-state index contributed by atoms with van der Waals surface area (Å²) in [5.41, 5.74) is 2.21. The molecule has 0 aliphatic heterocycles. The van der Waals surface area contributed by atoms with Crippen LogP contribution in [0.4, 0.5) is 0 Å². The number of hydrogen-bond donors (Lipinski definition) is 0. The van der Waals surface area contributed by atoms with Gasteiger partial charge in [0, 0.05) is 0 Å². The van der Waals surface area contributed by atoms with E-state index >= 15 is 0 Å². The van der Waals surface area contributed by atoms with Crippen molar-refractivity contribution in [1.82, 2.24) is 4.98 Å². The van der Waals surface area contributed by atoms with Gasteiger partial charge in [0.25, 0.3) is 0 Å². The molecule has 0 N–H and O–H groups in total. The second-order valence-electron chi connectivity index (χ2n) is 1.83. The van der Waals surface area contributed by atoms with Crippen LogP contribution in [0.2, 0.25) is 5.71 Å². The zero-order valence-corrected chi connectivity index (χ0v) is 8.19. The van der Waals surface area contributed by atoms with Crippen LogP contribution in [0.5, 0.6) is 5.75 Å². The van der Waals surface area contributed by atoms with Crippen LogP contribution in [0.15, 0.2) is 18.5 Å². The number of hydrogen-bond acceptors (Lipinski definition) is 2. The summed E-state index contributed by atoms with van der Waals surface area (Å²) in [6, 6.07) is 1.91. The van der Waals surface area contributed by atoms with Gasteiger partial charge >= 0.3 is 66.9 Å². The molecule has 1 rings (SSSR count). The van der Waals surface area contributed by atoms with Crippen LogP contribution in [0.25, 0.3) is 0 Å². The SMILES string of the molecule is COc1ccncc1[AsH]C. The normalized spacial score (nSPS) is 10.6. The predicted octanol–water partition coefficient (Wildman–Crippen LogP) is 0.200. The van der Waals surface area contributed by atoms with E-state index in [4.69, 9.17) is 4.74 Å². The second-order valence-corrected chi connectivity index (χ2v) is 4.01. The summed E-state index contributed by atoms with van der Waals surface area (Å²) in [4.78, 5) is 4.02. The molecule has 3 heteroatoms. The first-order valence-corrected chi connectivity index (χ1v) is 6.19. The molecule has 0 aliphatic carbocycles. The van der Waals surface area contributed by atoms with E-state index in [1.165, 1.54) is 4.35 Å². The summed E-state index contributed by atoms with van der Waals surface area (Å²) in [6.07, 6.45) is 3.64. The topological polar surface area (TPSA) is 22.1 Å². The molecule has 1 atom stereocenters. The van der Waals surface area contributed by atoms with E-state index < -0.39 is 0 Å². The Labute approximate surface area is 67.3 Å². The van der Waals surface area contributed by atoms with Crippen LogP contribution in [0.1, 0.15) is 0 Å². The van der Waals surface area contributed by atoms with Gasteiger partial charge in [0.05, 0.1) is 0 Å². The van der Waals surface area contributed by atoms with Crippen molar-refractivity contribution in [2.45, 2.75) is 5.71 Å². The molecule has 0 saturated carbocycles. The molecule has 10 heavy (non-hydrogen) atoms. The van der Waals surface area contributed by atoms with Crippen molar-refractivity contribution >= 4 is 20.1 Å². The number of methoxy groups -OCH3 is 1. The van der Waals surface area contributed by atoms with Gasteiger partial charge in [-0.2, -0.15) is 0 Å². The van der Waals surface area contributed by atoms with Crippen molar-refractivity contribution in [3.05, 3.63) is 18.5 Å². The van der Waals surface area contributed by atoms with Gasteiger partial charge in [-0.3, -0.25) is 0 Å². The molecule has 0 aliphatic rings. The third-order valence-corrected chi connectivity index (χ3v) is 3.19. The fourth-order valence-electron chi connectivity index (χ4n) is 0.747. The molecule has 0 saturated heterocycles. The number of pyridine rings is 1. The van der Waals surface area contributed by atoms with Crippen LogP contribution < -0.4 is 9.09 Å². The van der Waals surface area contributed by atoms with Crippen molar-refractivity contribution in [3.63, 3.8) is 0 Å². The molecular formula is C7H10AsNO. The Hall–Kier alpha value is -0.492. The third-order valence-electron chi connectivity index (χ3n) is 1.27. The number of nitrogens with zero attached hydrogens (tertiary/aromatic N) is 1. The van der Waals surface area contributed by atoms with E-state index in [1.54, 1.807) is 13.3 Å². The van der Waals surface area contributed by atoms with Gasteiger partial charge in [-0.15, -0.1) is 0 Å². The Balaban J connectivity index is 2.96. The van der Waals surface area contributed by atoms with Crippen LogP contribution in [-0.2, 0) is 0 Å². The molecule has 1 heterocycles. The molecule has 0 bridgehead atoms. The number of ether oxygens (including phenoxy) is 1. The van der Waals surface area contributed by atoms with E-state index in [0.717, 1.165) is 5.75 Å². The van der Waals surface area contributed by atoms with Gasteiger partial charge < -0.3 is 0 Å². The van der Waals surface area contributed by atoms with Gasteiger partial charge in [0.2, 0.25) is 0 Å². The van der Waals surface area contributed by atoms with Crippen LogP contribution in [0.3, 0.4) is 0 Å². The average Bonchev–Trinajstić information content (AvgIpc) is 2.04. The van der Waals surface area contributed by atoms with E-state index in [-0.39, 0.29) is 15.8 Å². The van der Waals surface area contributed by atoms with E-state index in [9.17, 15) is 0 Å². The third kappa shape index (κ3) is 1.51. The van der Waals surface area contributed by atoms with Gasteiger partial charge in [0.1, 0.15) is 0 Å². The number of aromatic nitrogens is 1. The molecule has 1 unspecified atom stereocenters. The van der Waals surface area contributed by atoms with Crippen molar-refractivity contribution in [2.75, 3.05) is 7.11 Å². The van der Waals surface area contributed by atoms with Gasteiger partial charge in [0.15, 0.2) is 0 Å². The summed E-state index contributed by atoms with van der Waals surface area (Å²) in [7, 11) is 1.70. The standard InChI is InChI=1S/C7H10AsNO/c1-8-6-5-9-4-3-7(6)10-2/h3-5,8H,1-2H3. The molecule has 0 spiro atoms. The first-order valence-electron chi connectivity index (χ1n) is 3.04. The molecule has 1 aromatic rings. The van der Waals surface area contributed by atoms with Crippen LogP contribution >= 0.6 is 0 Å². The predicted molar refractivity (Wildman–Crippen MR) is 43.4 cm³/mol. The molecule has 54 valence electrons. The Bertz CT molecular complexity index is 192. The summed E-state index contributed by atoms with van der Waals surface area (Å²) in [5.74, 6) is 0.984. The van der Waals surface area contributed by atoms with Gasteiger partial charge in [-0.05, 0) is 0 Å². The second kappa shape index (κ2) is 3.62. The molecule has 0 fully saturated rings. The van der Waals surface area contributed by atoms with Crippen molar-refractivity contribution in [3.8, 4) is 5.75 Å². The maximum atomic E-state index is 5.13. The molecule has 1 aromatic heterocycles. The number of rotatable bonds is 2. The quantitative estimate of drug-likeness (QED) is 0.635. The first-order chi connectivity index (χ1) is 4.88. The van der Waals surface area contributed by atoms with Crippen LogP contribution in [0, 0.1) is 0 Å². The summed E-state index contributed by atoms with van der Waals surface area (Å²) >= 11 is -0.0256. The minimum absolute atomic E-state index is 0.0256.